The van der Waals surface area contributed by atoms with Crippen LogP contribution in [-0.2, 0) is 22.4 Å². The van der Waals surface area contributed by atoms with Crippen molar-refractivity contribution < 1.29 is 18.8 Å². The fourth-order valence-corrected chi connectivity index (χ4v) is 7.78. The van der Waals surface area contributed by atoms with Crippen LogP contribution in [0.2, 0.25) is 0 Å². The van der Waals surface area contributed by atoms with E-state index in [1.54, 1.807) is 67.6 Å². The minimum absolute atomic E-state index is 0.00614. The molecule has 0 saturated heterocycles. The Morgan fingerprint density at radius 1 is 0.979 bits per heavy atom. The second-order valence-corrected chi connectivity index (χ2v) is 13.8. The summed E-state index contributed by atoms with van der Waals surface area (Å²) in [6.07, 6.45) is 5.57. The van der Waals surface area contributed by atoms with Crippen molar-refractivity contribution in [3.8, 4) is 6.07 Å². The van der Waals surface area contributed by atoms with E-state index in [4.69, 9.17) is 4.42 Å². The zero-order valence-electron chi connectivity index (χ0n) is 26.1. The Labute approximate surface area is 286 Å². The molecule has 5 aromatic rings. The number of furan rings is 1. The summed E-state index contributed by atoms with van der Waals surface area (Å²) in [7, 11) is 0. The minimum atomic E-state index is -0.538. The Kier molecular flexibility index (Phi) is 10.2. The second kappa shape index (κ2) is 15.0. The molecule has 2 heterocycles. The van der Waals surface area contributed by atoms with Crippen molar-refractivity contribution in [1.82, 2.24) is 5.32 Å². The number of nitriles is 1. The van der Waals surface area contributed by atoms with Crippen LogP contribution in [0.5, 0.6) is 0 Å². The lowest BCUT2D eigenvalue weighted by molar-refractivity contribution is -0.115. The summed E-state index contributed by atoms with van der Waals surface area (Å²) in [5.41, 5.74) is 3.81. The Balaban J connectivity index is 1.11. The monoisotopic (exact) mass is 672 g/mol. The number of nitrogens with one attached hydrogen (secondary N) is 3. The third kappa shape index (κ3) is 7.77. The molecule has 2 unspecified atom stereocenters. The van der Waals surface area contributed by atoms with E-state index in [2.05, 4.69) is 46.3 Å². The summed E-state index contributed by atoms with van der Waals surface area (Å²) < 4.78 is 5.37. The van der Waals surface area contributed by atoms with E-state index < -0.39 is 17.1 Å². The van der Waals surface area contributed by atoms with E-state index in [1.165, 1.54) is 41.0 Å². The Morgan fingerprint density at radius 2 is 1.75 bits per heavy atom. The van der Waals surface area contributed by atoms with Gasteiger partial charge in [-0.2, -0.15) is 5.26 Å². The Hall–Kier alpha value is -5.37. The number of amides is 3. The number of fused-ring (bicyclic) bond motifs is 1. The molecule has 0 radical (unpaired) electrons. The molecule has 3 aromatic carbocycles. The van der Waals surface area contributed by atoms with Crippen molar-refractivity contribution in [3.05, 3.63) is 142 Å². The van der Waals surface area contributed by atoms with Crippen molar-refractivity contribution in [1.29, 1.82) is 5.26 Å². The molecule has 0 aliphatic heterocycles. The molecule has 48 heavy (non-hydrogen) atoms. The Bertz CT molecular complexity index is 2000. The van der Waals surface area contributed by atoms with Gasteiger partial charge in [0.2, 0.25) is 5.91 Å². The lowest BCUT2D eigenvalue weighted by Gasteiger charge is -2.22. The number of thioether (sulfide) groups is 1. The fourth-order valence-electron chi connectivity index (χ4n) is 5.58. The predicted octanol–water partition coefficient (Wildman–Crippen LogP) is 8.01. The van der Waals surface area contributed by atoms with E-state index in [-0.39, 0.29) is 11.6 Å². The summed E-state index contributed by atoms with van der Waals surface area (Å²) in [5, 5.41) is 18.6. The van der Waals surface area contributed by atoms with Gasteiger partial charge in [-0.25, -0.2) is 0 Å². The highest BCUT2D eigenvalue weighted by Gasteiger charge is 2.28. The molecule has 3 amide bonds. The second-order valence-electron chi connectivity index (χ2n) is 11.3. The van der Waals surface area contributed by atoms with Crippen molar-refractivity contribution >= 4 is 57.6 Å². The number of thiophene rings is 1. The Morgan fingerprint density at radius 3 is 2.48 bits per heavy atom. The van der Waals surface area contributed by atoms with Gasteiger partial charge in [-0.15, -0.1) is 23.1 Å². The van der Waals surface area contributed by atoms with Crippen LogP contribution in [0.1, 0.15) is 56.9 Å². The number of hydrogen-bond donors (Lipinski definition) is 3. The lowest BCUT2D eigenvalue weighted by Crippen LogP contribution is -2.30. The highest BCUT2D eigenvalue weighted by molar-refractivity contribution is 8.00. The smallest absolute Gasteiger partial charge is 0.272 e. The molecule has 0 fully saturated rings. The van der Waals surface area contributed by atoms with Gasteiger partial charge >= 0.3 is 0 Å². The van der Waals surface area contributed by atoms with Crippen LogP contribution >= 0.6 is 23.1 Å². The molecule has 1 aliphatic carbocycles. The highest BCUT2D eigenvalue weighted by Crippen LogP contribution is 2.42. The first kappa shape index (κ1) is 32.6. The standard InChI is InChI=1S/C38H32N4O4S2/c1-24(35(43)42-38-32(23-39)31-18-17-27(20-34(31)48-38)25-10-4-2-5-11-25)47-30-16-8-14-28(21-30)40-37(45)33(22-29-15-9-19-46-29)41-36(44)26-12-6-3-7-13-26/h2-16,19,21-22,24,27H,17-18,20H2,1H3,(H,40,45)(H,41,44)(H,42,43)/b33-22-. The van der Waals surface area contributed by atoms with Gasteiger partial charge in [0, 0.05) is 27.1 Å². The number of hydrogen-bond acceptors (Lipinski definition) is 7. The molecule has 10 heteroatoms. The molecule has 240 valence electrons. The number of anilines is 2. The minimum Gasteiger partial charge on any atom is -0.465 e. The summed E-state index contributed by atoms with van der Waals surface area (Å²) in [6, 6.07) is 31.9. The lowest BCUT2D eigenvalue weighted by atomic mass is 9.83. The average Bonchev–Trinajstić information content (AvgIpc) is 3.75. The molecule has 2 atom stereocenters. The molecule has 2 aromatic heterocycles. The van der Waals surface area contributed by atoms with Gasteiger partial charge in [0.15, 0.2) is 0 Å². The summed E-state index contributed by atoms with van der Waals surface area (Å²) in [5.74, 6) is -0.388. The van der Waals surface area contributed by atoms with Crippen LogP contribution in [0.25, 0.3) is 6.08 Å². The van der Waals surface area contributed by atoms with E-state index in [9.17, 15) is 19.6 Å². The maximum atomic E-state index is 13.4. The molecule has 3 N–H and O–H groups in total. The first-order chi connectivity index (χ1) is 23.4. The van der Waals surface area contributed by atoms with Crippen molar-refractivity contribution in [2.75, 3.05) is 10.6 Å². The number of benzene rings is 3. The van der Waals surface area contributed by atoms with E-state index >= 15 is 0 Å². The third-order valence-electron chi connectivity index (χ3n) is 8.02. The zero-order valence-corrected chi connectivity index (χ0v) is 27.7. The van der Waals surface area contributed by atoms with Gasteiger partial charge in [-0.05, 0) is 85.7 Å². The van der Waals surface area contributed by atoms with Crippen molar-refractivity contribution in [3.63, 3.8) is 0 Å². The zero-order chi connectivity index (χ0) is 33.5. The molecular formula is C38H32N4O4S2. The first-order valence-corrected chi connectivity index (χ1v) is 17.2. The van der Waals surface area contributed by atoms with Gasteiger partial charge in [-0.3, -0.25) is 14.4 Å². The molecule has 0 bridgehead atoms. The van der Waals surface area contributed by atoms with Crippen LogP contribution in [0.15, 0.2) is 118 Å². The predicted molar refractivity (Wildman–Crippen MR) is 190 cm³/mol. The number of carbonyl (C=O) groups is 3. The molecule has 6 rings (SSSR count). The van der Waals surface area contributed by atoms with Crippen LogP contribution < -0.4 is 16.0 Å². The normalized spacial score (nSPS) is 14.7. The molecule has 0 saturated carbocycles. The number of carbonyl (C=O) groups excluding carboxylic acids is 3. The molecule has 8 nitrogen and oxygen atoms in total. The van der Waals surface area contributed by atoms with Crippen LogP contribution in [0, 0.1) is 11.3 Å². The van der Waals surface area contributed by atoms with Gasteiger partial charge in [0.1, 0.15) is 22.5 Å². The van der Waals surface area contributed by atoms with Crippen LogP contribution in [0.4, 0.5) is 10.7 Å². The van der Waals surface area contributed by atoms with Gasteiger partial charge < -0.3 is 20.4 Å². The van der Waals surface area contributed by atoms with Crippen molar-refractivity contribution in [2.24, 2.45) is 0 Å². The maximum Gasteiger partial charge on any atom is 0.272 e. The van der Waals surface area contributed by atoms with E-state index in [1.807, 2.05) is 12.1 Å². The van der Waals surface area contributed by atoms with E-state index in [0.29, 0.717) is 33.5 Å². The average molecular weight is 673 g/mol. The fraction of sp³-hybridized carbons (Fsp3) is 0.158. The quantitative estimate of drug-likeness (QED) is 0.102. The summed E-state index contributed by atoms with van der Waals surface area (Å²) in [6.45, 7) is 1.81. The van der Waals surface area contributed by atoms with Gasteiger partial charge in [-0.1, -0.05) is 54.6 Å². The molecule has 0 spiro atoms. The van der Waals surface area contributed by atoms with Gasteiger partial charge in [0.25, 0.3) is 11.8 Å². The topological polar surface area (TPSA) is 124 Å². The summed E-state index contributed by atoms with van der Waals surface area (Å²) in [4.78, 5) is 41.5. The number of nitrogens with zero attached hydrogens (tertiary/aromatic N) is 1. The largest absolute Gasteiger partial charge is 0.465 e. The van der Waals surface area contributed by atoms with Crippen LogP contribution in [0.3, 0.4) is 0 Å². The third-order valence-corrected chi connectivity index (χ3v) is 10.3. The van der Waals surface area contributed by atoms with Crippen molar-refractivity contribution in [2.45, 2.75) is 42.2 Å². The highest BCUT2D eigenvalue weighted by atomic mass is 32.2. The van der Waals surface area contributed by atoms with E-state index in [0.717, 1.165) is 34.6 Å². The first-order valence-electron chi connectivity index (χ1n) is 15.5. The van der Waals surface area contributed by atoms with Gasteiger partial charge in [0.05, 0.1) is 17.1 Å². The number of rotatable bonds is 10. The molecular weight excluding hydrogens is 641 g/mol. The SMILES string of the molecule is CC(Sc1cccc(NC(=O)/C(=C/c2ccco2)NC(=O)c2ccccc2)c1)C(=O)Nc1sc2c(c1C#N)CCC(c1ccccc1)C2. The summed E-state index contributed by atoms with van der Waals surface area (Å²) >= 11 is 2.84. The van der Waals surface area contributed by atoms with Crippen LogP contribution in [-0.4, -0.2) is 23.0 Å². The molecule has 1 aliphatic rings. The maximum absolute atomic E-state index is 13.4.